The highest BCUT2D eigenvalue weighted by Gasteiger charge is 2.31. The summed E-state index contributed by atoms with van der Waals surface area (Å²) in [5, 5.41) is 7.08. The van der Waals surface area contributed by atoms with Crippen molar-refractivity contribution < 1.29 is 18.0 Å². The van der Waals surface area contributed by atoms with Gasteiger partial charge in [0.1, 0.15) is 5.82 Å². The molecule has 0 aliphatic rings. The summed E-state index contributed by atoms with van der Waals surface area (Å²) in [6.07, 6.45) is 2.07. The molecule has 0 atom stereocenters. The maximum atomic E-state index is 12.8. The lowest BCUT2D eigenvalue weighted by Crippen LogP contribution is -2.26. The molecule has 10 heteroatoms. The van der Waals surface area contributed by atoms with Gasteiger partial charge in [0.15, 0.2) is 5.82 Å². The third-order valence-electron chi connectivity index (χ3n) is 4.68. The fourth-order valence-corrected chi connectivity index (χ4v) is 3.14. The van der Waals surface area contributed by atoms with Gasteiger partial charge in [-0.25, -0.2) is 14.6 Å². The largest absolute Gasteiger partial charge is 0.417 e. The van der Waals surface area contributed by atoms with Crippen LogP contribution in [0.4, 0.5) is 13.2 Å². The number of aromatic nitrogens is 5. The van der Waals surface area contributed by atoms with Crippen molar-refractivity contribution in [2.45, 2.75) is 45.8 Å². The first-order valence-electron chi connectivity index (χ1n) is 9.56. The Morgan fingerprint density at radius 3 is 2.53 bits per heavy atom. The number of nitrogens with zero attached hydrogens (tertiary/aromatic N) is 5. The Balaban J connectivity index is 1.72. The van der Waals surface area contributed by atoms with Crippen molar-refractivity contribution in [3.8, 4) is 5.82 Å². The van der Waals surface area contributed by atoms with Crippen LogP contribution in [0.1, 0.15) is 53.6 Å². The summed E-state index contributed by atoms with van der Waals surface area (Å²) in [6.45, 7) is 6.89. The average molecular weight is 420 g/mol. The molecule has 0 aliphatic heterocycles. The number of aryl methyl sites for hydroxylation is 2. The van der Waals surface area contributed by atoms with Gasteiger partial charge in [-0.15, -0.1) is 0 Å². The molecule has 0 saturated heterocycles. The van der Waals surface area contributed by atoms with Gasteiger partial charge in [0.05, 0.1) is 23.0 Å². The summed E-state index contributed by atoms with van der Waals surface area (Å²) < 4.78 is 41.7. The molecule has 160 valence electrons. The van der Waals surface area contributed by atoms with Gasteiger partial charge in [-0.05, 0) is 31.4 Å². The molecule has 3 heterocycles. The number of imidazole rings is 1. The first-order valence-corrected chi connectivity index (χ1v) is 9.56. The fraction of sp³-hybridized carbons (Fsp3) is 0.400. The Morgan fingerprint density at radius 2 is 1.97 bits per heavy atom. The van der Waals surface area contributed by atoms with Gasteiger partial charge in [0.25, 0.3) is 5.91 Å². The van der Waals surface area contributed by atoms with Crippen LogP contribution in [0.5, 0.6) is 0 Å². The second-order valence-corrected chi connectivity index (χ2v) is 7.19. The van der Waals surface area contributed by atoms with Crippen LogP contribution >= 0.6 is 0 Å². The zero-order valence-corrected chi connectivity index (χ0v) is 16.9. The summed E-state index contributed by atoms with van der Waals surface area (Å²) in [6, 6.07) is 2.20. The molecule has 0 bridgehead atoms. The predicted octanol–water partition coefficient (Wildman–Crippen LogP) is 3.73. The molecule has 1 amide bonds. The van der Waals surface area contributed by atoms with Crippen molar-refractivity contribution in [2.75, 3.05) is 6.54 Å². The van der Waals surface area contributed by atoms with Crippen LogP contribution in [0.15, 0.2) is 36.9 Å². The topological polar surface area (TPSA) is 77.6 Å². The van der Waals surface area contributed by atoms with E-state index in [9.17, 15) is 18.0 Å². The third-order valence-corrected chi connectivity index (χ3v) is 4.68. The number of hydrogen-bond acceptors (Lipinski definition) is 4. The Morgan fingerprint density at radius 1 is 1.20 bits per heavy atom. The van der Waals surface area contributed by atoms with Gasteiger partial charge in [-0.2, -0.15) is 18.3 Å². The molecule has 3 rings (SSSR count). The van der Waals surface area contributed by atoms with E-state index in [1.165, 1.54) is 16.9 Å². The molecular formula is C20H23F3N6O. The summed E-state index contributed by atoms with van der Waals surface area (Å²) in [5.41, 5.74) is 0.131. The lowest BCUT2D eigenvalue weighted by Gasteiger charge is -2.13. The standard InChI is InChI=1S/C20H23F3N6O/c1-13(2)18-16(19(30)25-7-4-9-28-10-8-24-14(28)3)12-27-29(18)17-6-5-15(11-26-17)20(21,22)23/h5-6,8,10-13H,4,7,9H2,1-3H3,(H,25,30). The Bertz CT molecular complexity index is 1000. The molecule has 3 aromatic heterocycles. The van der Waals surface area contributed by atoms with E-state index in [0.717, 1.165) is 31.1 Å². The number of nitrogens with one attached hydrogen (secondary N) is 1. The minimum absolute atomic E-state index is 0.0917. The highest BCUT2D eigenvalue weighted by molar-refractivity contribution is 5.95. The minimum atomic E-state index is -4.46. The number of rotatable bonds is 7. The molecule has 0 saturated carbocycles. The van der Waals surface area contributed by atoms with E-state index in [-0.39, 0.29) is 17.6 Å². The van der Waals surface area contributed by atoms with Crippen molar-refractivity contribution in [1.29, 1.82) is 0 Å². The average Bonchev–Trinajstić information content (AvgIpc) is 3.31. The molecule has 0 unspecified atom stereocenters. The normalized spacial score (nSPS) is 11.8. The predicted molar refractivity (Wildman–Crippen MR) is 104 cm³/mol. The first-order chi connectivity index (χ1) is 14.2. The Kier molecular flexibility index (Phi) is 6.23. The Hall–Kier alpha value is -3.17. The number of halogens is 3. The molecule has 7 nitrogen and oxygen atoms in total. The lowest BCUT2D eigenvalue weighted by atomic mass is 10.1. The first kappa shape index (κ1) is 21.5. The zero-order chi connectivity index (χ0) is 21.9. The van der Waals surface area contributed by atoms with E-state index in [1.807, 2.05) is 31.5 Å². The van der Waals surface area contributed by atoms with Crippen LogP contribution in [0.25, 0.3) is 5.82 Å². The molecule has 3 aromatic rings. The molecule has 0 fully saturated rings. The van der Waals surface area contributed by atoms with Crippen molar-refractivity contribution >= 4 is 5.91 Å². The monoisotopic (exact) mass is 420 g/mol. The van der Waals surface area contributed by atoms with Crippen LogP contribution in [0, 0.1) is 6.92 Å². The van der Waals surface area contributed by atoms with E-state index in [4.69, 9.17) is 0 Å². The van der Waals surface area contributed by atoms with Crippen LogP contribution in [-0.2, 0) is 12.7 Å². The van der Waals surface area contributed by atoms with Gasteiger partial charge in [-0.3, -0.25) is 4.79 Å². The van der Waals surface area contributed by atoms with E-state index in [2.05, 4.69) is 20.4 Å². The van der Waals surface area contributed by atoms with Crippen molar-refractivity contribution in [1.82, 2.24) is 29.6 Å². The van der Waals surface area contributed by atoms with E-state index < -0.39 is 11.7 Å². The molecular weight excluding hydrogens is 397 g/mol. The summed E-state index contributed by atoms with van der Waals surface area (Å²) >= 11 is 0. The summed E-state index contributed by atoms with van der Waals surface area (Å²) in [5.74, 6) is 0.764. The van der Waals surface area contributed by atoms with Gasteiger partial charge >= 0.3 is 6.18 Å². The second-order valence-electron chi connectivity index (χ2n) is 7.19. The third kappa shape index (κ3) is 4.69. The maximum absolute atomic E-state index is 12.8. The minimum Gasteiger partial charge on any atom is -0.352 e. The maximum Gasteiger partial charge on any atom is 0.417 e. The van der Waals surface area contributed by atoms with Gasteiger partial charge < -0.3 is 9.88 Å². The van der Waals surface area contributed by atoms with E-state index >= 15 is 0 Å². The van der Waals surface area contributed by atoms with Crippen LogP contribution < -0.4 is 5.32 Å². The van der Waals surface area contributed by atoms with Crippen LogP contribution in [0.3, 0.4) is 0 Å². The molecule has 0 aliphatic carbocycles. The highest BCUT2D eigenvalue weighted by Crippen LogP contribution is 2.29. The number of hydrogen-bond donors (Lipinski definition) is 1. The highest BCUT2D eigenvalue weighted by atomic mass is 19.4. The number of alkyl halides is 3. The number of carbonyl (C=O) groups is 1. The van der Waals surface area contributed by atoms with Crippen molar-refractivity contribution in [3.05, 3.63) is 59.6 Å². The quantitative estimate of drug-likeness (QED) is 0.591. The molecule has 1 N–H and O–H groups in total. The Labute approximate surface area is 172 Å². The number of carbonyl (C=O) groups excluding carboxylic acids is 1. The smallest absolute Gasteiger partial charge is 0.352 e. The fourth-order valence-electron chi connectivity index (χ4n) is 3.14. The molecule has 0 spiro atoms. The molecule has 0 radical (unpaired) electrons. The van der Waals surface area contributed by atoms with Crippen LogP contribution in [-0.4, -0.2) is 36.8 Å². The van der Waals surface area contributed by atoms with Gasteiger partial charge in [-0.1, -0.05) is 13.8 Å². The van der Waals surface area contributed by atoms with Crippen molar-refractivity contribution in [2.24, 2.45) is 0 Å². The number of amides is 1. The molecule has 30 heavy (non-hydrogen) atoms. The van der Waals surface area contributed by atoms with Crippen molar-refractivity contribution in [3.63, 3.8) is 0 Å². The number of pyridine rings is 1. The SMILES string of the molecule is Cc1nccn1CCCNC(=O)c1cnn(-c2ccc(C(F)(F)F)cn2)c1C(C)C. The summed E-state index contributed by atoms with van der Waals surface area (Å²) in [7, 11) is 0. The van der Waals surface area contributed by atoms with Crippen LogP contribution in [0.2, 0.25) is 0 Å². The van der Waals surface area contributed by atoms with Gasteiger partial charge in [0, 0.05) is 31.7 Å². The zero-order valence-electron chi connectivity index (χ0n) is 16.9. The lowest BCUT2D eigenvalue weighted by molar-refractivity contribution is -0.137. The van der Waals surface area contributed by atoms with Gasteiger partial charge in [0.2, 0.25) is 0 Å². The molecule has 0 aromatic carbocycles. The van der Waals surface area contributed by atoms with E-state index in [1.54, 1.807) is 6.20 Å². The summed E-state index contributed by atoms with van der Waals surface area (Å²) in [4.78, 5) is 20.7. The second kappa shape index (κ2) is 8.68. The van der Waals surface area contributed by atoms with E-state index in [0.29, 0.717) is 17.8 Å².